The zero-order valence-corrected chi connectivity index (χ0v) is 10.2. The van der Waals surface area contributed by atoms with Gasteiger partial charge >= 0.3 is 0 Å². The second-order valence-electron chi connectivity index (χ2n) is 3.77. The van der Waals surface area contributed by atoms with Gasteiger partial charge in [-0.2, -0.15) is 0 Å². The quantitative estimate of drug-likeness (QED) is 0.812. The molecule has 0 radical (unpaired) electrons. The first-order valence-electron chi connectivity index (χ1n) is 5.04. The summed E-state index contributed by atoms with van der Waals surface area (Å²) in [4.78, 5) is 0. The smallest absolute Gasteiger partial charge is 0.273 e. The predicted octanol–water partition coefficient (Wildman–Crippen LogP) is 0.839. The number of rotatable bonds is 6. The lowest BCUT2D eigenvalue weighted by atomic mass is 10.2. The summed E-state index contributed by atoms with van der Waals surface area (Å²) in [6.07, 6.45) is 0. The van der Waals surface area contributed by atoms with Crippen LogP contribution in [-0.4, -0.2) is 27.4 Å². The van der Waals surface area contributed by atoms with Gasteiger partial charge in [0.1, 0.15) is 5.82 Å². The lowest BCUT2D eigenvalue weighted by Crippen LogP contribution is -2.41. The zero-order chi connectivity index (χ0) is 13.8. The molecule has 0 aliphatic carbocycles. The molecule has 3 N–H and O–H groups in total. The molecule has 0 saturated heterocycles. The molecule has 0 saturated carbocycles. The Hall–Kier alpha value is -1.12. The van der Waals surface area contributed by atoms with Gasteiger partial charge in [-0.1, -0.05) is 12.1 Å². The topological polar surface area (TPSA) is 72.2 Å². The molecule has 1 aromatic rings. The fourth-order valence-electron chi connectivity index (χ4n) is 1.18. The summed E-state index contributed by atoms with van der Waals surface area (Å²) in [5, 5.41) is 0. The lowest BCUT2D eigenvalue weighted by Gasteiger charge is -2.14. The summed E-state index contributed by atoms with van der Waals surface area (Å²) in [6, 6.07) is 4.92. The molecule has 1 rings (SSSR count). The summed E-state index contributed by atoms with van der Waals surface area (Å²) < 4.78 is 63.0. The maximum atomic E-state index is 12.8. The average Bonchev–Trinajstić information content (AvgIpc) is 2.26. The van der Waals surface area contributed by atoms with Gasteiger partial charge in [-0.3, -0.25) is 0 Å². The van der Waals surface area contributed by atoms with Crippen LogP contribution in [0.4, 0.5) is 13.2 Å². The maximum absolute atomic E-state index is 12.8. The summed E-state index contributed by atoms with van der Waals surface area (Å²) in [7, 11) is -3.95. The Bertz CT molecular complexity index is 506. The van der Waals surface area contributed by atoms with Crippen LogP contribution in [0, 0.1) is 5.82 Å². The summed E-state index contributed by atoms with van der Waals surface area (Å²) in [6.45, 7) is -2.02. The van der Waals surface area contributed by atoms with E-state index < -0.39 is 40.6 Å². The Balaban J connectivity index is 2.66. The molecule has 8 heteroatoms. The van der Waals surface area contributed by atoms with Crippen LogP contribution in [0.2, 0.25) is 0 Å². The van der Waals surface area contributed by atoms with Crippen molar-refractivity contribution in [2.75, 3.05) is 13.1 Å². The fraction of sp³-hybridized carbons (Fsp3) is 0.400. The number of benzene rings is 1. The van der Waals surface area contributed by atoms with Gasteiger partial charge in [0.15, 0.2) is 0 Å². The van der Waals surface area contributed by atoms with Crippen molar-refractivity contribution in [1.29, 1.82) is 0 Å². The molecule has 0 aliphatic heterocycles. The van der Waals surface area contributed by atoms with E-state index in [0.717, 1.165) is 12.1 Å². The molecular formula is C10H13F3N2O2S. The predicted molar refractivity (Wildman–Crippen MR) is 61.0 cm³/mol. The van der Waals surface area contributed by atoms with Crippen molar-refractivity contribution >= 4 is 10.0 Å². The van der Waals surface area contributed by atoms with Crippen molar-refractivity contribution in [3.8, 4) is 0 Å². The second-order valence-corrected chi connectivity index (χ2v) is 5.58. The van der Waals surface area contributed by atoms with Crippen LogP contribution < -0.4 is 10.5 Å². The summed E-state index contributed by atoms with van der Waals surface area (Å²) in [5.41, 5.74) is 4.95. The zero-order valence-electron chi connectivity index (χ0n) is 9.37. The molecule has 0 amide bonds. The highest BCUT2D eigenvalue weighted by molar-refractivity contribution is 7.88. The van der Waals surface area contributed by atoms with E-state index in [1.54, 1.807) is 4.72 Å². The van der Waals surface area contributed by atoms with E-state index in [1.165, 1.54) is 12.1 Å². The van der Waals surface area contributed by atoms with Crippen molar-refractivity contribution in [3.05, 3.63) is 35.6 Å². The minimum atomic E-state index is -3.95. The third-order valence-corrected chi connectivity index (χ3v) is 3.39. The van der Waals surface area contributed by atoms with E-state index in [1.807, 2.05) is 0 Å². The minimum Gasteiger partial charge on any atom is -0.325 e. The first kappa shape index (κ1) is 14.9. The highest BCUT2D eigenvalue weighted by Crippen LogP contribution is 2.11. The van der Waals surface area contributed by atoms with Crippen LogP contribution in [0.25, 0.3) is 0 Å². The van der Waals surface area contributed by atoms with Gasteiger partial charge in [0.2, 0.25) is 10.0 Å². The van der Waals surface area contributed by atoms with Crippen molar-refractivity contribution in [1.82, 2.24) is 4.72 Å². The number of hydrogen-bond acceptors (Lipinski definition) is 3. The molecule has 0 bridgehead atoms. The monoisotopic (exact) mass is 282 g/mol. The molecule has 0 aromatic heterocycles. The van der Waals surface area contributed by atoms with Crippen LogP contribution in [0.5, 0.6) is 0 Å². The number of alkyl halides is 2. The van der Waals surface area contributed by atoms with Crippen LogP contribution in [0.3, 0.4) is 0 Å². The highest BCUT2D eigenvalue weighted by atomic mass is 32.2. The standard InChI is InChI=1S/C10H13F3N2O2S/c11-9-3-1-2-8(4-9)5-18(16,17)15-7-10(12,13)6-14/h1-4,15H,5-7,14H2. The number of halogens is 3. The maximum Gasteiger partial charge on any atom is 0.273 e. The Kier molecular flexibility index (Phi) is 4.71. The first-order valence-corrected chi connectivity index (χ1v) is 6.69. The van der Waals surface area contributed by atoms with Gasteiger partial charge in [-0.05, 0) is 17.7 Å². The van der Waals surface area contributed by atoms with Crippen molar-refractivity contribution in [2.45, 2.75) is 11.7 Å². The number of sulfonamides is 1. The van der Waals surface area contributed by atoms with Gasteiger partial charge in [-0.25, -0.2) is 26.3 Å². The van der Waals surface area contributed by atoms with Crippen molar-refractivity contribution in [2.24, 2.45) is 5.73 Å². The molecule has 0 heterocycles. The summed E-state index contributed by atoms with van der Waals surface area (Å²) >= 11 is 0. The van der Waals surface area contributed by atoms with Gasteiger partial charge in [0.25, 0.3) is 5.92 Å². The van der Waals surface area contributed by atoms with Gasteiger partial charge in [0.05, 0.1) is 18.8 Å². The number of hydrogen-bond donors (Lipinski definition) is 2. The lowest BCUT2D eigenvalue weighted by molar-refractivity contribution is 0.0170. The molecule has 102 valence electrons. The minimum absolute atomic E-state index is 0.179. The van der Waals surface area contributed by atoms with E-state index in [-0.39, 0.29) is 5.56 Å². The average molecular weight is 282 g/mol. The number of nitrogens with two attached hydrogens (primary N) is 1. The van der Waals surface area contributed by atoms with Gasteiger partial charge in [-0.15, -0.1) is 0 Å². The molecule has 4 nitrogen and oxygen atoms in total. The molecule has 0 spiro atoms. The summed E-state index contributed by atoms with van der Waals surface area (Å²) in [5.74, 6) is -4.45. The first-order chi connectivity index (χ1) is 8.24. The van der Waals surface area contributed by atoms with E-state index in [2.05, 4.69) is 0 Å². The molecule has 0 unspecified atom stereocenters. The fourth-order valence-corrected chi connectivity index (χ4v) is 2.34. The normalized spacial score (nSPS) is 12.7. The molecule has 0 aliphatic rings. The van der Waals surface area contributed by atoms with Crippen molar-refractivity contribution < 1.29 is 21.6 Å². The third-order valence-electron chi connectivity index (χ3n) is 2.10. The highest BCUT2D eigenvalue weighted by Gasteiger charge is 2.28. The van der Waals surface area contributed by atoms with Gasteiger partial charge < -0.3 is 5.73 Å². The van der Waals surface area contributed by atoms with Crippen LogP contribution in [0.15, 0.2) is 24.3 Å². The van der Waals surface area contributed by atoms with Gasteiger partial charge in [0, 0.05) is 0 Å². The second kappa shape index (κ2) is 5.68. The van der Waals surface area contributed by atoms with E-state index >= 15 is 0 Å². The molecule has 1 aromatic carbocycles. The Morgan fingerprint density at radius 1 is 1.33 bits per heavy atom. The van der Waals surface area contributed by atoms with Crippen LogP contribution >= 0.6 is 0 Å². The molecule has 0 atom stereocenters. The molecule has 0 fully saturated rings. The van der Waals surface area contributed by atoms with E-state index in [4.69, 9.17) is 5.73 Å². The van der Waals surface area contributed by atoms with Crippen molar-refractivity contribution in [3.63, 3.8) is 0 Å². The third kappa shape index (κ3) is 5.03. The Morgan fingerprint density at radius 2 is 2.00 bits per heavy atom. The SMILES string of the molecule is NCC(F)(F)CNS(=O)(=O)Cc1cccc(F)c1. The Labute approximate surface area is 103 Å². The molecule has 18 heavy (non-hydrogen) atoms. The number of nitrogens with one attached hydrogen (secondary N) is 1. The largest absolute Gasteiger partial charge is 0.325 e. The van der Waals surface area contributed by atoms with Crippen LogP contribution in [-0.2, 0) is 15.8 Å². The van der Waals surface area contributed by atoms with Crippen LogP contribution in [0.1, 0.15) is 5.56 Å². The molecular weight excluding hydrogens is 269 g/mol. The van der Waals surface area contributed by atoms with E-state index in [0.29, 0.717) is 0 Å². The Morgan fingerprint density at radius 3 is 2.56 bits per heavy atom. The van der Waals surface area contributed by atoms with E-state index in [9.17, 15) is 21.6 Å².